The predicted octanol–water partition coefficient (Wildman–Crippen LogP) is 3.48. The minimum atomic E-state index is 0.468. The van der Waals surface area contributed by atoms with Crippen LogP contribution >= 0.6 is 0 Å². The Morgan fingerprint density at radius 1 is 1.18 bits per heavy atom. The summed E-state index contributed by atoms with van der Waals surface area (Å²) in [5.74, 6) is 1.45. The third kappa shape index (κ3) is 2.50. The summed E-state index contributed by atoms with van der Waals surface area (Å²) in [4.78, 5) is 12.8. The number of benzene rings is 1. The molecule has 3 aromatic rings. The van der Waals surface area contributed by atoms with Gasteiger partial charge in [0.2, 0.25) is 0 Å². The predicted molar refractivity (Wildman–Crippen MR) is 88.8 cm³/mol. The number of nitrogens with one attached hydrogen (secondary N) is 2. The molecular formula is C18H20N4. The van der Waals surface area contributed by atoms with Crippen molar-refractivity contribution in [1.82, 2.24) is 20.3 Å². The zero-order valence-corrected chi connectivity index (χ0v) is 12.7. The third-order valence-corrected chi connectivity index (χ3v) is 4.46. The lowest BCUT2D eigenvalue weighted by atomic mass is 9.92. The highest BCUT2D eigenvalue weighted by atomic mass is 15.0. The second-order valence-electron chi connectivity index (χ2n) is 6.15. The van der Waals surface area contributed by atoms with Gasteiger partial charge in [-0.2, -0.15) is 0 Å². The Balaban J connectivity index is 1.69. The summed E-state index contributed by atoms with van der Waals surface area (Å²) < 4.78 is 0. The van der Waals surface area contributed by atoms with Crippen LogP contribution in [0.5, 0.6) is 0 Å². The van der Waals surface area contributed by atoms with Crippen molar-refractivity contribution in [1.29, 1.82) is 0 Å². The molecule has 4 rings (SSSR count). The molecule has 2 N–H and O–H groups in total. The second-order valence-corrected chi connectivity index (χ2v) is 6.15. The van der Waals surface area contributed by atoms with E-state index < -0.39 is 0 Å². The van der Waals surface area contributed by atoms with Crippen LogP contribution in [-0.4, -0.2) is 27.5 Å². The smallest absolute Gasteiger partial charge is 0.132 e. The van der Waals surface area contributed by atoms with Crippen LogP contribution in [-0.2, 0) is 0 Å². The first-order valence-corrected chi connectivity index (χ1v) is 7.94. The molecule has 2 atom stereocenters. The van der Waals surface area contributed by atoms with Crippen molar-refractivity contribution in [2.75, 3.05) is 6.54 Å². The quantitative estimate of drug-likeness (QED) is 0.760. The van der Waals surface area contributed by atoms with Crippen LogP contribution in [0.25, 0.3) is 22.3 Å². The number of rotatable bonds is 2. The Morgan fingerprint density at radius 3 is 2.86 bits per heavy atom. The first-order chi connectivity index (χ1) is 10.8. The Morgan fingerprint density at radius 2 is 2.05 bits per heavy atom. The molecule has 4 heteroatoms. The summed E-state index contributed by atoms with van der Waals surface area (Å²) in [5, 5.41) is 3.48. The highest BCUT2D eigenvalue weighted by molar-refractivity contribution is 5.81. The number of nitrogens with zero attached hydrogens (tertiary/aromatic N) is 2. The van der Waals surface area contributed by atoms with Crippen molar-refractivity contribution in [3.8, 4) is 11.3 Å². The number of hydrogen-bond acceptors (Lipinski definition) is 3. The average molecular weight is 292 g/mol. The van der Waals surface area contributed by atoms with Gasteiger partial charge in [0.1, 0.15) is 5.82 Å². The zero-order chi connectivity index (χ0) is 14.9. The molecule has 1 aliphatic heterocycles. The second kappa shape index (κ2) is 5.54. The lowest BCUT2D eigenvalue weighted by Crippen LogP contribution is -2.35. The Labute approximate surface area is 130 Å². The Bertz CT molecular complexity index is 778. The van der Waals surface area contributed by atoms with Crippen molar-refractivity contribution >= 4 is 11.0 Å². The standard InChI is InChI=1S/C18H20N4/c1-12-9-14(7-8-19-12)18-20-11-17-16(22-18)10-15(21-17)13-5-3-2-4-6-13/h2-6,10-12,14,19,21H,7-9H2,1H3. The molecule has 0 saturated carbocycles. The van der Waals surface area contributed by atoms with Gasteiger partial charge in [-0.25, -0.2) is 9.97 Å². The zero-order valence-electron chi connectivity index (χ0n) is 12.7. The van der Waals surface area contributed by atoms with Gasteiger partial charge >= 0.3 is 0 Å². The normalized spacial score (nSPS) is 22.0. The van der Waals surface area contributed by atoms with Crippen LogP contribution in [0, 0.1) is 0 Å². The van der Waals surface area contributed by atoms with Gasteiger partial charge in [0.05, 0.1) is 17.2 Å². The highest BCUT2D eigenvalue weighted by Crippen LogP contribution is 2.27. The highest BCUT2D eigenvalue weighted by Gasteiger charge is 2.22. The largest absolute Gasteiger partial charge is 0.352 e. The molecule has 0 bridgehead atoms. The van der Waals surface area contributed by atoms with E-state index in [9.17, 15) is 0 Å². The van der Waals surface area contributed by atoms with Crippen molar-refractivity contribution in [2.24, 2.45) is 0 Å². The lowest BCUT2D eigenvalue weighted by Gasteiger charge is -2.26. The van der Waals surface area contributed by atoms with Gasteiger partial charge < -0.3 is 10.3 Å². The van der Waals surface area contributed by atoms with Crippen molar-refractivity contribution in [3.63, 3.8) is 0 Å². The number of fused-ring (bicyclic) bond motifs is 1. The van der Waals surface area contributed by atoms with Gasteiger partial charge in [0.25, 0.3) is 0 Å². The molecule has 112 valence electrons. The summed E-state index contributed by atoms with van der Waals surface area (Å²) in [6.07, 6.45) is 4.16. The average Bonchev–Trinajstić information content (AvgIpc) is 2.99. The van der Waals surface area contributed by atoms with E-state index in [2.05, 4.69) is 40.4 Å². The molecule has 0 radical (unpaired) electrons. The van der Waals surface area contributed by atoms with Crippen molar-refractivity contribution in [2.45, 2.75) is 31.7 Å². The van der Waals surface area contributed by atoms with Crippen molar-refractivity contribution in [3.05, 3.63) is 48.4 Å². The molecule has 1 aliphatic rings. The molecule has 22 heavy (non-hydrogen) atoms. The fourth-order valence-corrected chi connectivity index (χ4v) is 3.27. The summed E-state index contributed by atoms with van der Waals surface area (Å²) in [6, 6.07) is 13.0. The minimum absolute atomic E-state index is 0.468. The molecule has 0 spiro atoms. The summed E-state index contributed by atoms with van der Waals surface area (Å²) in [6.45, 7) is 3.28. The van der Waals surface area contributed by atoms with E-state index in [4.69, 9.17) is 4.98 Å². The summed E-state index contributed by atoms with van der Waals surface area (Å²) in [5.41, 5.74) is 4.29. The molecule has 0 amide bonds. The Hall–Kier alpha value is -2.20. The Kier molecular flexibility index (Phi) is 3.39. The molecule has 1 saturated heterocycles. The number of aromatic nitrogens is 3. The van der Waals surface area contributed by atoms with Crippen LogP contribution in [0.1, 0.15) is 31.5 Å². The first kappa shape index (κ1) is 13.5. The van der Waals surface area contributed by atoms with Gasteiger partial charge in [0, 0.05) is 17.7 Å². The first-order valence-electron chi connectivity index (χ1n) is 7.94. The molecule has 2 aromatic heterocycles. The van der Waals surface area contributed by atoms with E-state index in [1.807, 2.05) is 24.4 Å². The molecule has 3 heterocycles. The molecule has 1 fully saturated rings. The van der Waals surface area contributed by atoms with Crippen LogP contribution in [0.3, 0.4) is 0 Å². The van der Waals surface area contributed by atoms with Gasteiger partial charge in [-0.05, 0) is 37.9 Å². The van der Waals surface area contributed by atoms with Crippen molar-refractivity contribution < 1.29 is 0 Å². The monoisotopic (exact) mass is 292 g/mol. The molecule has 0 aliphatic carbocycles. The maximum Gasteiger partial charge on any atom is 0.132 e. The number of H-pyrrole nitrogens is 1. The van der Waals surface area contributed by atoms with Gasteiger partial charge in [0.15, 0.2) is 0 Å². The molecule has 4 nitrogen and oxygen atoms in total. The van der Waals surface area contributed by atoms with E-state index >= 15 is 0 Å². The lowest BCUT2D eigenvalue weighted by molar-refractivity contribution is 0.371. The number of hydrogen-bond donors (Lipinski definition) is 2. The summed E-state index contributed by atoms with van der Waals surface area (Å²) in [7, 11) is 0. The van der Waals surface area contributed by atoms with Crippen LogP contribution in [0.15, 0.2) is 42.6 Å². The molecule has 2 unspecified atom stereocenters. The molecular weight excluding hydrogens is 272 g/mol. The van der Waals surface area contributed by atoms with Gasteiger partial charge in [-0.3, -0.25) is 0 Å². The molecule has 1 aromatic carbocycles. The van der Waals surface area contributed by atoms with Crippen LogP contribution < -0.4 is 5.32 Å². The SMILES string of the molecule is CC1CC(c2ncc3[nH]c(-c4ccccc4)cc3n2)CCN1. The minimum Gasteiger partial charge on any atom is -0.352 e. The topological polar surface area (TPSA) is 53.6 Å². The van der Waals surface area contributed by atoms with E-state index in [0.29, 0.717) is 12.0 Å². The van der Waals surface area contributed by atoms with Crippen LogP contribution in [0.4, 0.5) is 0 Å². The van der Waals surface area contributed by atoms with E-state index in [1.165, 1.54) is 5.56 Å². The fraction of sp³-hybridized carbons (Fsp3) is 0.333. The number of piperidine rings is 1. The van der Waals surface area contributed by atoms with E-state index in [1.54, 1.807) is 0 Å². The van der Waals surface area contributed by atoms with Crippen LogP contribution in [0.2, 0.25) is 0 Å². The maximum atomic E-state index is 4.81. The third-order valence-electron chi connectivity index (χ3n) is 4.46. The van der Waals surface area contributed by atoms with E-state index in [0.717, 1.165) is 41.9 Å². The van der Waals surface area contributed by atoms with E-state index in [-0.39, 0.29) is 0 Å². The van der Waals surface area contributed by atoms with Gasteiger partial charge in [-0.15, -0.1) is 0 Å². The summed E-state index contributed by atoms with van der Waals surface area (Å²) >= 11 is 0. The van der Waals surface area contributed by atoms with Gasteiger partial charge in [-0.1, -0.05) is 30.3 Å². The maximum absolute atomic E-state index is 4.81. The number of aromatic amines is 1. The fourth-order valence-electron chi connectivity index (χ4n) is 3.27.